The molecule has 1 heterocycles. The molecule has 1 atom stereocenters. The average Bonchev–Trinajstić information content (AvgIpc) is 3.07. The first kappa shape index (κ1) is 19.2. The molecule has 0 fully saturated rings. The average molecular weight is 376 g/mol. The van der Waals surface area contributed by atoms with Crippen molar-refractivity contribution in [3.63, 3.8) is 0 Å². The van der Waals surface area contributed by atoms with Crippen molar-refractivity contribution in [2.75, 3.05) is 11.1 Å². The Balaban J connectivity index is 1.81. The summed E-state index contributed by atoms with van der Waals surface area (Å²) in [6.45, 7) is 6.23. The third-order valence-electron chi connectivity index (χ3n) is 3.81. The van der Waals surface area contributed by atoms with Crippen molar-refractivity contribution >= 4 is 34.1 Å². The van der Waals surface area contributed by atoms with Crippen molar-refractivity contribution in [3.05, 3.63) is 35.9 Å². The van der Waals surface area contributed by atoms with Gasteiger partial charge in [-0.05, 0) is 18.4 Å². The van der Waals surface area contributed by atoms with Crippen molar-refractivity contribution in [2.24, 2.45) is 5.92 Å². The van der Waals surface area contributed by atoms with E-state index in [1.165, 1.54) is 23.1 Å². The molecule has 1 aromatic carbocycles. The van der Waals surface area contributed by atoms with Crippen LogP contribution in [0.3, 0.4) is 0 Å². The molecule has 0 bridgehead atoms. The van der Waals surface area contributed by atoms with E-state index >= 15 is 0 Å². The SMILES string of the molecule is CC(C)[C@@](C)(C#N)NC(=O)CSc1nnc(NCc2ccccc2)s1. The highest BCUT2D eigenvalue weighted by molar-refractivity contribution is 8.01. The Hall–Kier alpha value is -2.11. The summed E-state index contributed by atoms with van der Waals surface area (Å²) in [6, 6.07) is 12.2. The summed E-state index contributed by atoms with van der Waals surface area (Å²) < 4.78 is 0.717. The van der Waals surface area contributed by atoms with Gasteiger partial charge in [-0.15, -0.1) is 10.2 Å². The molecule has 1 aromatic heterocycles. The van der Waals surface area contributed by atoms with Crippen LogP contribution in [0.1, 0.15) is 26.3 Å². The number of thioether (sulfide) groups is 1. The van der Waals surface area contributed by atoms with E-state index in [2.05, 4.69) is 26.9 Å². The lowest BCUT2D eigenvalue weighted by atomic mass is 9.90. The second kappa shape index (κ2) is 8.83. The first-order valence-electron chi connectivity index (χ1n) is 7.89. The zero-order chi connectivity index (χ0) is 18.3. The smallest absolute Gasteiger partial charge is 0.231 e. The summed E-state index contributed by atoms with van der Waals surface area (Å²) in [5.41, 5.74) is 0.303. The van der Waals surface area contributed by atoms with Gasteiger partial charge in [0.15, 0.2) is 4.34 Å². The maximum Gasteiger partial charge on any atom is 0.231 e. The fourth-order valence-corrected chi connectivity index (χ4v) is 3.42. The van der Waals surface area contributed by atoms with Gasteiger partial charge in [-0.3, -0.25) is 4.79 Å². The molecule has 2 N–H and O–H groups in total. The van der Waals surface area contributed by atoms with Gasteiger partial charge in [0.1, 0.15) is 5.54 Å². The lowest BCUT2D eigenvalue weighted by Gasteiger charge is -2.27. The Bertz CT molecular complexity index is 741. The Morgan fingerprint density at radius 3 is 2.72 bits per heavy atom. The van der Waals surface area contributed by atoms with Gasteiger partial charge in [-0.1, -0.05) is 67.3 Å². The monoisotopic (exact) mass is 375 g/mol. The number of hydrogen-bond donors (Lipinski definition) is 2. The summed E-state index contributed by atoms with van der Waals surface area (Å²) in [5.74, 6) is 0.0515. The Morgan fingerprint density at radius 1 is 1.36 bits per heavy atom. The molecule has 2 aromatic rings. The third-order valence-corrected chi connectivity index (χ3v) is 5.82. The fraction of sp³-hybridized carbons (Fsp3) is 0.412. The Labute approximate surface area is 156 Å². The van der Waals surface area contributed by atoms with Gasteiger partial charge in [0.05, 0.1) is 11.8 Å². The standard InChI is InChI=1S/C17H21N5OS2/c1-12(2)17(3,11-18)20-14(23)10-24-16-22-21-15(25-16)19-9-13-7-5-4-6-8-13/h4-8,12H,9-10H2,1-3H3,(H,19,21)(H,20,23)/t17-/m1/s1. The lowest BCUT2D eigenvalue weighted by Crippen LogP contribution is -2.49. The maximum atomic E-state index is 12.1. The number of benzene rings is 1. The van der Waals surface area contributed by atoms with E-state index < -0.39 is 5.54 Å². The normalized spacial score (nSPS) is 13.1. The second-order valence-electron chi connectivity index (χ2n) is 6.02. The van der Waals surface area contributed by atoms with E-state index in [0.717, 1.165) is 10.7 Å². The van der Waals surface area contributed by atoms with Crippen LogP contribution in [0.15, 0.2) is 34.7 Å². The summed E-state index contributed by atoms with van der Waals surface area (Å²) in [5, 5.41) is 24.1. The van der Waals surface area contributed by atoms with Crippen LogP contribution in [-0.2, 0) is 11.3 Å². The molecule has 0 aliphatic rings. The molecule has 132 valence electrons. The van der Waals surface area contributed by atoms with Crippen LogP contribution in [0.25, 0.3) is 0 Å². The molecular formula is C17H21N5OS2. The molecule has 0 saturated carbocycles. The molecular weight excluding hydrogens is 354 g/mol. The van der Waals surface area contributed by atoms with Gasteiger partial charge >= 0.3 is 0 Å². The van der Waals surface area contributed by atoms with Crippen LogP contribution in [0.2, 0.25) is 0 Å². The topological polar surface area (TPSA) is 90.7 Å². The van der Waals surface area contributed by atoms with Crippen LogP contribution in [-0.4, -0.2) is 27.4 Å². The molecule has 0 saturated heterocycles. The van der Waals surface area contributed by atoms with Gasteiger partial charge in [-0.25, -0.2) is 0 Å². The number of carbonyl (C=O) groups excluding carboxylic acids is 1. The number of carbonyl (C=O) groups is 1. The summed E-state index contributed by atoms with van der Waals surface area (Å²) in [4.78, 5) is 12.1. The predicted molar refractivity (Wildman–Crippen MR) is 101 cm³/mol. The molecule has 6 nitrogen and oxygen atoms in total. The maximum absolute atomic E-state index is 12.1. The number of nitrogens with zero attached hydrogens (tertiary/aromatic N) is 3. The van der Waals surface area contributed by atoms with E-state index in [4.69, 9.17) is 0 Å². The van der Waals surface area contributed by atoms with E-state index in [9.17, 15) is 10.1 Å². The second-order valence-corrected chi connectivity index (χ2v) is 8.22. The minimum absolute atomic E-state index is 0.0294. The van der Waals surface area contributed by atoms with Crippen LogP contribution >= 0.6 is 23.1 Å². The minimum atomic E-state index is -0.860. The number of nitriles is 1. The molecule has 2 rings (SSSR count). The Morgan fingerprint density at radius 2 is 2.08 bits per heavy atom. The van der Waals surface area contributed by atoms with Gasteiger partial charge in [0.2, 0.25) is 11.0 Å². The van der Waals surface area contributed by atoms with E-state index in [0.29, 0.717) is 10.9 Å². The van der Waals surface area contributed by atoms with E-state index in [1.807, 2.05) is 44.2 Å². The van der Waals surface area contributed by atoms with Gasteiger partial charge in [0, 0.05) is 6.54 Å². The molecule has 0 aliphatic heterocycles. The van der Waals surface area contributed by atoms with E-state index in [-0.39, 0.29) is 17.6 Å². The molecule has 0 radical (unpaired) electrons. The van der Waals surface area contributed by atoms with Crippen molar-refractivity contribution in [3.8, 4) is 6.07 Å². The van der Waals surface area contributed by atoms with Crippen LogP contribution in [0.5, 0.6) is 0 Å². The van der Waals surface area contributed by atoms with Crippen molar-refractivity contribution in [1.82, 2.24) is 15.5 Å². The first-order valence-corrected chi connectivity index (χ1v) is 9.69. The number of nitrogens with one attached hydrogen (secondary N) is 2. The molecule has 0 aliphatic carbocycles. The highest BCUT2D eigenvalue weighted by Gasteiger charge is 2.29. The Kier molecular flexibility index (Phi) is 6.79. The molecule has 1 amide bonds. The minimum Gasteiger partial charge on any atom is -0.356 e. The van der Waals surface area contributed by atoms with Crippen LogP contribution in [0.4, 0.5) is 5.13 Å². The quantitative estimate of drug-likeness (QED) is 0.688. The van der Waals surface area contributed by atoms with Crippen molar-refractivity contribution < 1.29 is 4.79 Å². The highest BCUT2D eigenvalue weighted by atomic mass is 32.2. The van der Waals surface area contributed by atoms with Gasteiger partial charge in [0.25, 0.3) is 0 Å². The van der Waals surface area contributed by atoms with E-state index in [1.54, 1.807) is 6.92 Å². The van der Waals surface area contributed by atoms with Gasteiger partial charge < -0.3 is 10.6 Å². The van der Waals surface area contributed by atoms with Crippen LogP contribution < -0.4 is 10.6 Å². The van der Waals surface area contributed by atoms with Crippen molar-refractivity contribution in [1.29, 1.82) is 5.26 Å². The number of hydrogen-bond acceptors (Lipinski definition) is 7. The predicted octanol–water partition coefficient (Wildman–Crippen LogP) is 3.30. The molecule has 0 unspecified atom stereocenters. The lowest BCUT2D eigenvalue weighted by molar-refractivity contribution is -0.120. The zero-order valence-electron chi connectivity index (χ0n) is 14.4. The fourth-order valence-electron chi connectivity index (χ4n) is 1.87. The molecule has 8 heteroatoms. The zero-order valence-corrected chi connectivity index (χ0v) is 16.1. The number of anilines is 1. The van der Waals surface area contributed by atoms with Crippen molar-refractivity contribution in [2.45, 2.75) is 37.2 Å². The molecule has 0 spiro atoms. The number of aromatic nitrogens is 2. The summed E-state index contributed by atoms with van der Waals surface area (Å²) in [7, 11) is 0. The third kappa shape index (κ3) is 5.73. The van der Waals surface area contributed by atoms with Crippen LogP contribution in [0, 0.1) is 17.2 Å². The highest BCUT2D eigenvalue weighted by Crippen LogP contribution is 2.26. The first-order chi connectivity index (χ1) is 11.9. The summed E-state index contributed by atoms with van der Waals surface area (Å²) in [6.07, 6.45) is 0. The van der Waals surface area contributed by atoms with Gasteiger partial charge in [-0.2, -0.15) is 5.26 Å². The number of rotatable bonds is 8. The largest absolute Gasteiger partial charge is 0.356 e. The summed E-state index contributed by atoms with van der Waals surface area (Å²) >= 11 is 2.73. The molecule has 25 heavy (non-hydrogen) atoms. The number of amides is 1.